The molecule has 0 aliphatic carbocycles. The molecule has 0 aliphatic rings. The van der Waals surface area contributed by atoms with Crippen LogP contribution in [0.4, 0.5) is 0 Å². The predicted molar refractivity (Wildman–Crippen MR) is 102 cm³/mol. The molecule has 3 heteroatoms. The molecule has 2 aromatic heterocycles. The van der Waals surface area contributed by atoms with E-state index in [4.69, 9.17) is 4.98 Å². The van der Waals surface area contributed by atoms with Crippen LogP contribution in [0.25, 0.3) is 11.0 Å². The summed E-state index contributed by atoms with van der Waals surface area (Å²) in [7, 11) is 0. The molecule has 0 unspecified atom stereocenters. The zero-order chi connectivity index (χ0) is 17.2. The van der Waals surface area contributed by atoms with Crippen molar-refractivity contribution in [3.8, 4) is 0 Å². The van der Waals surface area contributed by atoms with Crippen molar-refractivity contribution >= 4 is 11.0 Å². The van der Waals surface area contributed by atoms with Gasteiger partial charge in [-0.15, -0.1) is 0 Å². The fourth-order valence-electron chi connectivity index (χ4n) is 3.21. The van der Waals surface area contributed by atoms with Crippen LogP contribution < -0.4 is 0 Å². The third-order valence-electron chi connectivity index (χ3n) is 4.62. The van der Waals surface area contributed by atoms with Gasteiger partial charge in [-0.25, -0.2) is 4.98 Å². The Morgan fingerprint density at radius 2 is 1.68 bits per heavy atom. The van der Waals surface area contributed by atoms with Crippen LogP contribution in [0.2, 0.25) is 0 Å². The first-order valence-corrected chi connectivity index (χ1v) is 8.60. The highest BCUT2D eigenvalue weighted by atomic mass is 14.9. The van der Waals surface area contributed by atoms with E-state index in [1.807, 2.05) is 24.5 Å². The minimum atomic E-state index is 0.795. The van der Waals surface area contributed by atoms with Crippen LogP contribution in [0, 0.1) is 13.8 Å². The lowest BCUT2D eigenvalue weighted by atomic mass is 9.98. The van der Waals surface area contributed by atoms with Gasteiger partial charge in [0.05, 0.1) is 11.0 Å². The molecule has 0 atom stereocenters. The molecule has 124 valence electrons. The number of aromatic amines is 1. The molecule has 0 bridgehead atoms. The molecule has 25 heavy (non-hydrogen) atoms. The van der Waals surface area contributed by atoms with Gasteiger partial charge in [-0.1, -0.05) is 29.8 Å². The van der Waals surface area contributed by atoms with Crippen LogP contribution in [-0.2, 0) is 12.8 Å². The van der Waals surface area contributed by atoms with Crippen molar-refractivity contribution in [1.82, 2.24) is 15.0 Å². The van der Waals surface area contributed by atoms with Gasteiger partial charge in [0, 0.05) is 18.8 Å². The van der Waals surface area contributed by atoms with Gasteiger partial charge in [0.1, 0.15) is 5.82 Å². The Kier molecular flexibility index (Phi) is 4.06. The zero-order valence-corrected chi connectivity index (χ0v) is 14.6. The molecule has 0 radical (unpaired) electrons. The van der Waals surface area contributed by atoms with Crippen molar-refractivity contribution in [3.63, 3.8) is 0 Å². The van der Waals surface area contributed by atoms with Crippen LogP contribution in [0.3, 0.4) is 0 Å². The van der Waals surface area contributed by atoms with Crippen molar-refractivity contribution in [2.45, 2.75) is 26.7 Å². The maximum Gasteiger partial charge on any atom is 0.111 e. The van der Waals surface area contributed by atoms with E-state index in [2.05, 4.69) is 60.2 Å². The predicted octanol–water partition coefficient (Wildman–Crippen LogP) is 4.76. The standard InChI is InChI=1S/C22H21N3/c1-15-3-4-16(2)19(11-15)12-18-5-6-20-21(13-18)25-22(24-20)14-17-7-9-23-10-8-17/h3-11,13H,12,14H2,1-2H3,(H,24,25). The van der Waals surface area contributed by atoms with E-state index in [0.29, 0.717) is 0 Å². The van der Waals surface area contributed by atoms with Crippen molar-refractivity contribution in [2.75, 3.05) is 0 Å². The van der Waals surface area contributed by atoms with Crippen LogP contribution in [0.5, 0.6) is 0 Å². The maximum absolute atomic E-state index is 4.71. The fourth-order valence-corrected chi connectivity index (χ4v) is 3.21. The summed E-state index contributed by atoms with van der Waals surface area (Å²) >= 11 is 0. The molecule has 0 fully saturated rings. The van der Waals surface area contributed by atoms with Crippen molar-refractivity contribution < 1.29 is 0 Å². The fraction of sp³-hybridized carbons (Fsp3) is 0.182. The molecular weight excluding hydrogens is 306 g/mol. The minimum Gasteiger partial charge on any atom is -0.342 e. The first kappa shape index (κ1) is 15.6. The Bertz CT molecular complexity index is 1020. The molecule has 0 spiro atoms. The van der Waals surface area contributed by atoms with Gasteiger partial charge in [-0.05, 0) is 66.8 Å². The SMILES string of the molecule is Cc1ccc(C)c(Cc2ccc3nc(Cc4ccncc4)[nH]c3c2)c1. The number of imidazole rings is 1. The van der Waals surface area contributed by atoms with Crippen LogP contribution >= 0.6 is 0 Å². The second-order valence-corrected chi connectivity index (χ2v) is 6.67. The molecular formula is C22H21N3. The lowest BCUT2D eigenvalue weighted by Gasteiger charge is -2.07. The van der Waals surface area contributed by atoms with Crippen LogP contribution in [0.1, 0.15) is 33.6 Å². The molecule has 2 aromatic carbocycles. The highest BCUT2D eigenvalue weighted by Gasteiger charge is 2.07. The van der Waals surface area contributed by atoms with Crippen LogP contribution in [-0.4, -0.2) is 15.0 Å². The first-order chi connectivity index (χ1) is 12.2. The van der Waals surface area contributed by atoms with E-state index in [0.717, 1.165) is 29.7 Å². The van der Waals surface area contributed by atoms with Gasteiger partial charge in [0.15, 0.2) is 0 Å². The first-order valence-electron chi connectivity index (χ1n) is 8.60. The normalized spacial score (nSPS) is 11.1. The molecule has 1 N–H and O–H groups in total. The van der Waals surface area contributed by atoms with E-state index in [1.165, 1.54) is 27.8 Å². The number of H-pyrrole nitrogens is 1. The van der Waals surface area contributed by atoms with Crippen molar-refractivity contribution in [1.29, 1.82) is 0 Å². The Morgan fingerprint density at radius 3 is 2.52 bits per heavy atom. The maximum atomic E-state index is 4.71. The number of aryl methyl sites for hydroxylation is 2. The van der Waals surface area contributed by atoms with E-state index in [9.17, 15) is 0 Å². The number of nitrogens with zero attached hydrogens (tertiary/aromatic N) is 2. The Morgan fingerprint density at radius 1 is 0.840 bits per heavy atom. The van der Waals surface area contributed by atoms with E-state index < -0.39 is 0 Å². The third-order valence-corrected chi connectivity index (χ3v) is 4.62. The summed E-state index contributed by atoms with van der Waals surface area (Å²) in [5.74, 6) is 0.991. The number of aromatic nitrogens is 3. The number of hydrogen-bond donors (Lipinski definition) is 1. The second-order valence-electron chi connectivity index (χ2n) is 6.67. The Hall–Kier alpha value is -2.94. The number of benzene rings is 2. The van der Waals surface area contributed by atoms with Crippen molar-refractivity contribution in [2.24, 2.45) is 0 Å². The highest BCUT2D eigenvalue weighted by Crippen LogP contribution is 2.20. The number of fused-ring (bicyclic) bond motifs is 1. The summed E-state index contributed by atoms with van der Waals surface area (Å²) < 4.78 is 0. The van der Waals surface area contributed by atoms with E-state index >= 15 is 0 Å². The molecule has 0 aliphatic heterocycles. The Labute approximate surface area is 147 Å². The number of rotatable bonds is 4. The van der Waals surface area contributed by atoms with E-state index in [1.54, 1.807) is 0 Å². The highest BCUT2D eigenvalue weighted by molar-refractivity contribution is 5.76. The lowest BCUT2D eigenvalue weighted by Crippen LogP contribution is -1.93. The summed E-state index contributed by atoms with van der Waals surface area (Å²) in [6, 6.07) is 17.2. The second kappa shape index (κ2) is 6.52. The van der Waals surface area contributed by atoms with Gasteiger partial charge < -0.3 is 4.98 Å². The quantitative estimate of drug-likeness (QED) is 0.587. The van der Waals surface area contributed by atoms with E-state index in [-0.39, 0.29) is 0 Å². The summed E-state index contributed by atoms with van der Waals surface area (Å²) in [4.78, 5) is 12.2. The smallest absolute Gasteiger partial charge is 0.111 e. The average molecular weight is 327 g/mol. The Balaban J connectivity index is 1.61. The molecule has 0 saturated carbocycles. The van der Waals surface area contributed by atoms with Crippen LogP contribution in [0.15, 0.2) is 60.9 Å². The molecule has 0 amide bonds. The summed E-state index contributed by atoms with van der Waals surface area (Å²) in [6.07, 6.45) is 5.38. The minimum absolute atomic E-state index is 0.795. The van der Waals surface area contributed by atoms with Gasteiger partial charge in [0.25, 0.3) is 0 Å². The molecule has 2 heterocycles. The summed E-state index contributed by atoms with van der Waals surface area (Å²) in [5.41, 5.74) is 8.68. The third kappa shape index (κ3) is 3.45. The van der Waals surface area contributed by atoms with Gasteiger partial charge in [0.2, 0.25) is 0 Å². The summed E-state index contributed by atoms with van der Waals surface area (Å²) in [5, 5.41) is 0. The zero-order valence-electron chi connectivity index (χ0n) is 14.6. The number of pyridine rings is 1. The van der Waals surface area contributed by atoms with Gasteiger partial charge in [-0.2, -0.15) is 0 Å². The summed E-state index contributed by atoms with van der Waals surface area (Å²) in [6.45, 7) is 4.32. The van der Waals surface area contributed by atoms with Crippen molar-refractivity contribution in [3.05, 3.63) is 94.6 Å². The molecule has 4 rings (SSSR count). The molecule has 3 nitrogen and oxygen atoms in total. The van der Waals surface area contributed by atoms with Gasteiger partial charge in [-0.3, -0.25) is 4.98 Å². The number of nitrogens with one attached hydrogen (secondary N) is 1. The molecule has 4 aromatic rings. The van der Waals surface area contributed by atoms with Gasteiger partial charge >= 0.3 is 0 Å². The molecule has 0 saturated heterocycles. The lowest BCUT2D eigenvalue weighted by molar-refractivity contribution is 1.03. The topological polar surface area (TPSA) is 41.6 Å². The average Bonchev–Trinajstić information content (AvgIpc) is 3.00. The number of hydrogen-bond acceptors (Lipinski definition) is 2. The largest absolute Gasteiger partial charge is 0.342 e. The monoisotopic (exact) mass is 327 g/mol.